The van der Waals surface area contributed by atoms with E-state index in [1.165, 1.54) is 0 Å². The van der Waals surface area contributed by atoms with Gasteiger partial charge in [-0.05, 0) is 19.4 Å². The third kappa shape index (κ3) is 3.38. The maximum absolute atomic E-state index is 5.66. The topological polar surface area (TPSA) is 51.0 Å². The fourth-order valence-corrected chi connectivity index (χ4v) is 2.17. The van der Waals surface area contributed by atoms with Gasteiger partial charge in [0.05, 0.1) is 22.6 Å². The lowest BCUT2D eigenvalue weighted by Gasteiger charge is -2.03. The highest BCUT2D eigenvalue weighted by molar-refractivity contribution is 7.14. The summed E-state index contributed by atoms with van der Waals surface area (Å²) in [5.74, 6) is 2.16. The Bertz CT molecular complexity index is 476. The van der Waals surface area contributed by atoms with Crippen molar-refractivity contribution in [3.63, 3.8) is 0 Å². The summed E-state index contributed by atoms with van der Waals surface area (Å²) in [6.07, 6.45) is 3.59. The lowest BCUT2D eigenvalue weighted by atomic mass is 10.2. The van der Waals surface area contributed by atoms with Crippen LogP contribution in [0, 0.1) is 12.8 Å². The molecule has 0 atom stereocenters. The number of hydrogen-bond donors (Lipinski definition) is 1. The molecule has 0 saturated carbocycles. The molecule has 2 aromatic rings. The monoisotopic (exact) mass is 251 g/mol. The van der Waals surface area contributed by atoms with E-state index in [0.29, 0.717) is 12.5 Å². The Kier molecular flexibility index (Phi) is 3.91. The van der Waals surface area contributed by atoms with E-state index >= 15 is 0 Å². The van der Waals surface area contributed by atoms with Crippen molar-refractivity contribution in [2.24, 2.45) is 5.92 Å². The predicted molar refractivity (Wildman–Crippen MR) is 68.9 cm³/mol. The molecule has 0 aromatic carbocycles. The fraction of sp³-hybridized carbons (Fsp3) is 0.500. The number of aromatic nitrogens is 2. The summed E-state index contributed by atoms with van der Waals surface area (Å²) in [5.41, 5.74) is 0. The van der Waals surface area contributed by atoms with Gasteiger partial charge in [0.1, 0.15) is 0 Å². The van der Waals surface area contributed by atoms with Gasteiger partial charge in [-0.2, -0.15) is 0 Å². The Morgan fingerprint density at radius 1 is 1.35 bits per heavy atom. The van der Waals surface area contributed by atoms with Crippen molar-refractivity contribution in [1.82, 2.24) is 15.3 Å². The molecule has 2 rings (SSSR count). The molecule has 0 fully saturated rings. The van der Waals surface area contributed by atoms with E-state index in [4.69, 9.17) is 4.42 Å². The Labute approximate surface area is 105 Å². The summed E-state index contributed by atoms with van der Waals surface area (Å²) in [7, 11) is 0. The molecule has 0 spiro atoms. The van der Waals surface area contributed by atoms with Crippen molar-refractivity contribution in [2.75, 3.05) is 6.54 Å². The molecular formula is C12H17N3OS. The van der Waals surface area contributed by atoms with Gasteiger partial charge >= 0.3 is 0 Å². The summed E-state index contributed by atoms with van der Waals surface area (Å²) in [6, 6.07) is 0. The van der Waals surface area contributed by atoms with E-state index in [9.17, 15) is 0 Å². The molecule has 17 heavy (non-hydrogen) atoms. The van der Waals surface area contributed by atoms with Gasteiger partial charge < -0.3 is 9.73 Å². The van der Waals surface area contributed by atoms with Crippen LogP contribution < -0.4 is 5.32 Å². The first-order chi connectivity index (χ1) is 8.15. The molecule has 0 aliphatic carbocycles. The number of nitrogens with one attached hydrogen (secondary N) is 1. The molecule has 0 unspecified atom stereocenters. The third-order valence-electron chi connectivity index (χ3n) is 2.25. The molecule has 92 valence electrons. The first-order valence-electron chi connectivity index (χ1n) is 5.73. The number of hydrogen-bond acceptors (Lipinski definition) is 5. The van der Waals surface area contributed by atoms with Crippen molar-refractivity contribution >= 4 is 11.3 Å². The second kappa shape index (κ2) is 5.42. The van der Waals surface area contributed by atoms with Crippen LogP contribution >= 0.6 is 11.3 Å². The van der Waals surface area contributed by atoms with Gasteiger partial charge in [0.15, 0.2) is 5.76 Å². The number of rotatable bonds is 5. The molecular weight excluding hydrogens is 234 g/mol. The van der Waals surface area contributed by atoms with Crippen LogP contribution in [-0.2, 0) is 6.54 Å². The zero-order chi connectivity index (χ0) is 12.3. The first kappa shape index (κ1) is 12.3. The van der Waals surface area contributed by atoms with E-state index < -0.39 is 0 Å². The van der Waals surface area contributed by atoms with Crippen molar-refractivity contribution < 1.29 is 4.42 Å². The maximum Gasteiger partial charge on any atom is 0.208 e. The highest BCUT2D eigenvalue weighted by Gasteiger charge is 2.08. The number of oxazole rings is 1. The quantitative estimate of drug-likeness (QED) is 0.887. The van der Waals surface area contributed by atoms with Gasteiger partial charge in [0.2, 0.25) is 5.89 Å². The lowest BCUT2D eigenvalue weighted by molar-refractivity contribution is 0.459. The van der Waals surface area contributed by atoms with E-state index in [2.05, 4.69) is 29.1 Å². The molecule has 2 aromatic heterocycles. The van der Waals surface area contributed by atoms with Gasteiger partial charge in [0.25, 0.3) is 0 Å². The van der Waals surface area contributed by atoms with E-state index in [1.807, 2.05) is 13.1 Å². The number of nitrogens with zero attached hydrogens (tertiary/aromatic N) is 2. The molecule has 0 radical (unpaired) electrons. The van der Waals surface area contributed by atoms with Crippen molar-refractivity contribution in [3.8, 4) is 10.6 Å². The van der Waals surface area contributed by atoms with Crippen molar-refractivity contribution in [1.29, 1.82) is 0 Å². The van der Waals surface area contributed by atoms with Crippen LogP contribution in [0.3, 0.4) is 0 Å². The summed E-state index contributed by atoms with van der Waals surface area (Å²) >= 11 is 1.62. The highest BCUT2D eigenvalue weighted by atomic mass is 32.1. The second-order valence-corrected chi connectivity index (χ2v) is 5.62. The van der Waals surface area contributed by atoms with Gasteiger partial charge in [-0.25, -0.2) is 9.97 Å². The number of thiazole rings is 1. The van der Waals surface area contributed by atoms with Crippen LogP contribution in [0.5, 0.6) is 0 Å². The average Bonchev–Trinajstić information content (AvgIpc) is 2.86. The molecule has 0 amide bonds. The third-order valence-corrected chi connectivity index (χ3v) is 3.17. The van der Waals surface area contributed by atoms with Gasteiger partial charge in [-0.1, -0.05) is 13.8 Å². The van der Waals surface area contributed by atoms with Crippen LogP contribution in [0.4, 0.5) is 0 Å². The lowest BCUT2D eigenvalue weighted by Crippen LogP contribution is -2.18. The average molecular weight is 251 g/mol. The Morgan fingerprint density at radius 3 is 2.82 bits per heavy atom. The van der Waals surface area contributed by atoms with Crippen molar-refractivity contribution in [2.45, 2.75) is 27.3 Å². The number of aryl methyl sites for hydroxylation is 1. The van der Waals surface area contributed by atoms with Crippen LogP contribution in [0.2, 0.25) is 0 Å². The van der Waals surface area contributed by atoms with Gasteiger partial charge in [-0.15, -0.1) is 11.3 Å². The predicted octanol–water partition coefficient (Wildman–Crippen LogP) is 2.85. The first-order valence-corrected chi connectivity index (χ1v) is 6.55. The molecule has 5 heteroatoms. The Morgan fingerprint density at radius 2 is 2.18 bits per heavy atom. The largest absolute Gasteiger partial charge is 0.438 e. The minimum atomic E-state index is 0.633. The summed E-state index contributed by atoms with van der Waals surface area (Å²) in [6.45, 7) is 7.98. The second-order valence-electron chi connectivity index (χ2n) is 4.39. The van der Waals surface area contributed by atoms with Crippen LogP contribution in [0.15, 0.2) is 16.8 Å². The minimum Gasteiger partial charge on any atom is -0.438 e. The standard InChI is InChI=1S/C12H17N3OS/c1-8(2)4-13-7-12-15-5-10(16-12)11-6-14-9(3)17-11/h5-6,8,13H,4,7H2,1-3H3. The fourth-order valence-electron chi connectivity index (χ4n) is 1.45. The van der Waals surface area contributed by atoms with E-state index in [0.717, 1.165) is 28.1 Å². The zero-order valence-electron chi connectivity index (χ0n) is 10.4. The smallest absolute Gasteiger partial charge is 0.208 e. The SMILES string of the molecule is Cc1ncc(-c2cnc(CNCC(C)C)o2)s1. The molecule has 1 N–H and O–H groups in total. The van der Waals surface area contributed by atoms with Crippen LogP contribution in [0.25, 0.3) is 10.6 Å². The van der Waals surface area contributed by atoms with Crippen molar-refractivity contribution in [3.05, 3.63) is 23.3 Å². The molecule has 4 nitrogen and oxygen atoms in total. The summed E-state index contributed by atoms with van der Waals surface area (Å²) in [4.78, 5) is 9.48. The van der Waals surface area contributed by atoms with Crippen LogP contribution in [-0.4, -0.2) is 16.5 Å². The van der Waals surface area contributed by atoms with E-state index in [-0.39, 0.29) is 0 Å². The molecule has 0 saturated heterocycles. The normalized spacial score (nSPS) is 11.3. The Hall–Kier alpha value is -1.20. The Balaban J connectivity index is 1.96. The summed E-state index contributed by atoms with van der Waals surface area (Å²) < 4.78 is 5.66. The minimum absolute atomic E-state index is 0.633. The molecule has 0 bridgehead atoms. The summed E-state index contributed by atoms with van der Waals surface area (Å²) in [5, 5.41) is 4.34. The molecule has 2 heterocycles. The van der Waals surface area contributed by atoms with Gasteiger partial charge in [0, 0.05) is 6.20 Å². The molecule has 0 aliphatic heterocycles. The molecule has 0 aliphatic rings. The maximum atomic E-state index is 5.66. The van der Waals surface area contributed by atoms with E-state index in [1.54, 1.807) is 17.5 Å². The zero-order valence-corrected chi connectivity index (χ0v) is 11.2. The van der Waals surface area contributed by atoms with Gasteiger partial charge in [-0.3, -0.25) is 0 Å². The highest BCUT2D eigenvalue weighted by Crippen LogP contribution is 2.26. The van der Waals surface area contributed by atoms with Crippen LogP contribution in [0.1, 0.15) is 24.7 Å².